The predicted octanol–water partition coefficient (Wildman–Crippen LogP) is 4.15. The van der Waals surface area contributed by atoms with Crippen molar-refractivity contribution in [2.75, 3.05) is 0 Å². The third-order valence-corrected chi connectivity index (χ3v) is 2.64. The topological polar surface area (TPSA) is 23.8 Å². The van der Waals surface area contributed by atoms with Gasteiger partial charge in [-0.15, -0.1) is 0 Å². The lowest BCUT2D eigenvalue weighted by atomic mass is 9.99. The summed E-state index contributed by atoms with van der Waals surface area (Å²) in [6.07, 6.45) is -0.570. The first kappa shape index (κ1) is 12.1. The molecule has 0 aliphatic carbocycles. The molecule has 0 aliphatic heterocycles. The molecule has 0 aliphatic rings. The van der Waals surface area contributed by atoms with E-state index in [1.807, 2.05) is 0 Å². The fraction of sp³-hybridized carbons (Fsp3) is 0.364. The second kappa shape index (κ2) is 4.71. The monoisotopic (exact) mass is 273 g/mol. The van der Waals surface area contributed by atoms with Crippen LogP contribution in [0.2, 0.25) is 0 Å². The van der Waals surface area contributed by atoms with Crippen molar-refractivity contribution in [3.63, 3.8) is 0 Å². The van der Waals surface area contributed by atoms with Gasteiger partial charge in [0.25, 0.3) is 5.92 Å². The molecule has 0 spiro atoms. The third-order valence-electron chi connectivity index (χ3n) is 2.14. The number of nitrogens with zero attached hydrogens (tertiary/aromatic N) is 1. The van der Waals surface area contributed by atoms with E-state index in [0.29, 0.717) is 10.0 Å². The first-order chi connectivity index (χ1) is 6.97. The van der Waals surface area contributed by atoms with Crippen LogP contribution in [0.25, 0.3) is 0 Å². The molecule has 0 bridgehead atoms. The number of aryl methyl sites for hydroxylation is 1. The number of halogens is 3. The predicted molar refractivity (Wildman–Crippen MR) is 57.6 cm³/mol. The zero-order valence-electron chi connectivity index (χ0n) is 8.23. The third kappa shape index (κ3) is 3.00. The van der Waals surface area contributed by atoms with E-state index in [2.05, 4.69) is 15.9 Å². The van der Waals surface area contributed by atoms with Gasteiger partial charge in [-0.3, -0.25) is 0 Å². The van der Waals surface area contributed by atoms with Crippen LogP contribution in [0.15, 0.2) is 22.7 Å². The maximum atomic E-state index is 13.6. The average molecular weight is 274 g/mol. The number of benzene rings is 1. The van der Waals surface area contributed by atoms with E-state index in [-0.39, 0.29) is 12.0 Å². The maximum Gasteiger partial charge on any atom is 0.274 e. The summed E-state index contributed by atoms with van der Waals surface area (Å²) in [5.41, 5.74) is 0.535. The Morgan fingerprint density at radius 2 is 2.13 bits per heavy atom. The van der Waals surface area contributed by atoms with Crippen molar-refractivity contribution in [3.8, 4) is 6.07 Å². The number of rotatable bonds is 3. The molecule has 0 fully saturated rings. The van der Waals surface area contributed by atoms with Crippen molar-refractivity contribution >= 4 is 15.9 Å². The molecular formula is C11H10BrF2N. The molecule has 80 valence electrons. The van der Waals surface area contributed by atoms with Crippen LogP contribution >= 0.6 is 15.9 Å². The van der Waals surface area contributed by atoms with Gasteiger partial charge in [0.15, 0.2) is 0 Å². The fourth-order valence-electron chi connectivity index (χ4n) is 1.34. The van der Waals surface area contributed by atoms with Gasteiger partial charge in [-0.1, -0.05) is 22.0 Å². The Bertz CT molecular complexity index is 396. The van der Waals surface area contributed by atoms with E-state index >= 15 is 0 Å². The lowest BCUT2D eigenvalue weighted by Crippen LogP contribution is -2.14. The van der Waals surface area contributed by atoms with E-state index in [4.69, 9.17) is 5.26 Å². The van der Waals surface area contributed by atoms with Gasteiger partial charge in [-0.05, 0) is 24.6 Å². The van der Waals surface area contributed by atoms with Crippen LogP contribution in [-0.4, -0.2) is 0 Å². The lowest BCUT2D eigenvalue weighted by Gasteiger charge is -2.17. The summed E-state index contributed by atoms with van der Waals surface area (Å²) < 4.78 is 27.8. The molecule has 1 nitrogen and oxygen atoms in total. The molecule has 0 N–H and O–H groups in total. The van der Waals surface area contributed by atoms with E-state index < -0.39 is 12.3 Å². The molecule has 0 radical (unpaired) electrons. The van der Waals surface area contributed by atoms with Crippen LogP contribution in [0.3, 0.4) is 0 Å². The van der Waals surface area contributed by atoms with Gasteiger partial charge in [0.1, 0.15) is 0 Å². The van der Waals surface area contributed by atoms with Crippen molar-refractivity contribution < 1.29 is 8.78 Å². The van der Waals surface area contributed by atoms with Gasteiger partial charge in [0.2, 0.25) is 0 Å². The standard InChI is InChI=1S/C11H10BrF2N/c1-8-3-4-9(12)7-10(8)11(13,14)5-2-6-15/h3-4,7H,2,5H2,1H3. The summed E-state index contributed by atoms with van der Waals surface area (Å²) in [5.74, 6) is -2.93. The van der Waals surface area contributed by atoms with Crippen molar-refractivity contribution in [3.05, 3.63) is 33.8 Å². The van der Waals surface area contributed by atoms with Gasteiger partial charge >= 0.3 is 0 Å². The SMILES string of the molecule is Cc1ccc(Br)cc1C(F)(F)CCC#N. The Morgan fingerprint density at radius 1 is 1.47 bits per heavy atom. The van der Waals surface area contributed by atoms with E-state index in [9.17, 15) is 8.78 Å². The van der Waals surface area contributed by atoms with Crippen molar-refractivity contribution in [1.29, 1.82) is 5.26 Å². The Labute approximate surface area is 95.8 Å². The van der Waals surface area contributed by atoms with E-state index in [1.165, 1.54) is 6.07 Å². The van der Waals surface area contributed by atoms with Gasteiger partial charge in [0, 0.05) is 22.9 Å². The van der Waals surface area contributed by atoms with Crippen LogP contribution < -0.4 is 0 Å². The smallest absolute Gasteiger partial charge is 0.201 e. The minimum absolute atomic E-state index is 0.00729. The van der Waals surface area contributed by atoms with Gasteiger partial charge in [-0.2, -0.15) is 5.26 Å². The molecule has 1 aromatic carbocycles. The highest BCUT2D eigenvalue weighted by atomic mass is 79.9. The zero-order chi connectivity index (χ0) is 11.5. The fourth-order valence-corrected chi connectivity index (χ4v) is 1.70. The highest BCUT2D eigenvalue weighted by Crippen LogP contribution is 2.36. The minimum Gasteiger partial charge on any atom is -0.201 e. The first-order valence-electron chi connectivity index (χ1n) is 4.49. The molecule has 1 aromatic rings. The van der Waals surface area contributed by atoms with Crippen LogP contribution in [0, 0.1) is 18.3 Å². The quantitative estimate of drug-likeness (QED) is 0.812. The first-order valence-corrected chi connectivity index (χ1v) is 5.28. The molecule has 0 saturated carbocycles. The highest BCUT2D eigenvalue weighted by molar-refractivity contribution is 9.10. The Kier molecular flexibility index (Phi) is 3.81. The second-order valence-corrected chi connectivity index (χ2v) is 4.24. The van der Waals surface area contributed by atoms with E-state index in [1.54, 1.807) is 25.1 Å². The van der Waals surface area contributed by atoms with Gasteiger partial charge < -0.3 is 0 Å². The second-order valence-electron chi connectivity index (χ2n) is 3.32. The Hall–Kier alpha value is -0.950. The summed E-state index contributed by atoms with van der Waals surface area (Å²) in [6, 6.07) is 6.51. The summed E-state index contributed by atoms with van der Waals surface area (Å²) >= 11 is 3.16. The molecular weight excluding hydrogens is 264 g/mol. The summed E-state index contributed by atoms with van der Waals surface area (Å²) in [4.78, 5) is 0. The molecule has 1 rings (SSSR count). The summed E-state index contributed by atoms with van der Waals surface area (Å²) in [7, 11) is 0. The van der Waals surface area contributed by atoms with Gasteiger partial charge in [0.05, 0.1) is 6.07 Å². The van der Waals surface area contributed by atoms with Crippen molar-refractivity contribution in [1.82, 2.24) is 0 Å². The lowest BCUT2D eigenvalue weighted by molar-refractivity contribution is -0.0126. The van der Waals surface area contributed by atoms with Gasteiger partial charge in [-0.25, -0.2) is 8.78 Å². The Morgan fingerprint density at radius 3 is 2.73 bits per heavy atom. The number of nitriles is 1. The van der Waals surface area contributed by atoms with Crippen LogP contribution in [0.4, 0.5) is 8.78 Å². The maximum absolute atomic E-state index is 13.6. The average Bonchev–Trinajstić information content (AvgIpc) is 2.18. The van der Waals surface area contributed by atoms with Crippen LogP contribution in [0.5, 0.6) is 0 Å². The van der Waals surface area contributed by atoms with E-state index in [0.717, 1.165) is 0 Å². The number of alkyl halides is 2. The molecule has 0 atom stereocenters. The summed E-state index contributed by atoms with van der Waals surface area (Å²) in [6.45, 7) is 1.64. The molecule has 0 heterocycles. The van der Waals surface area contributed by atoms with Crippen molar-refractivity contribution in [2.24, 2.45) is 0 Å². The normalized spacial score (nSPS) is 11.1. The molecule has 0 aromatic heterocycles. The summed E-state index contributed by atoms with van der Waals surface area (Å²) in [5, 5.41) is 8.31. The number of hydrogen-bond donors (Lipinski definition) is 0. The highest BCUT2D eigenvalue weighted by Gasteiger charge is 2.32. The molecule has 0 saturated heterocycles. The largest absolute Gasteiger partial charge is 0.274 e. The van der Waals surface area contributed by atoms with Crippen molar-refractivity contribution in [2.45, 2.75) is 25.7 Å². The number of hydrogen-bond acceptors (Lipinski definition) is 1. The Balaban J connectivity index is 3.03. The molecule has 15 heavy (non-hydrogen) atoms. The molecule has 0 amide bonds. The van der Waals surface area contributed by atoms with Crippen LogP contribution in [0.1, 0.15) is 24.0 Å². The molecule has 0 unspecified atom stereocenters. The van der Waals surface area contributed by atoms with Crippen LogP contribution in [-0.2, 0) is 5.92 Å². The minimum atomic E-state index is -2.93. The zero-order valence-corrected chi connectivity index (χ0v) is 9.81. The molecule has 4 heteroatoms.